The fourth-order valence-electron chi connectivity index (χ4n) is 3.51. The second-order valence-electron chi connectivity index (χ2n) is 7.60. The van der Waals surface area contributed by atoms with E-state index in [1.807, 2.05) is 42.5 Å². The third-order valence-corrected chi connectivity index (χ3v) is 6.49. The van der Waals surface area contributed by atoms with Crippen LogP contribution in [0.2, 0.25) is 5.02 Å². The van der Waals surface area contributed by atoms with E-state index >= 15 is 0 Å². The van der Waals surface area contributed by atoms with Gasteiger partial charge in [-0.15, -0.1) is 0 Å². The molecule has 1 atom stereocenters. The molecular weight excluding hydrogens is 460 g/mol. The summed E-state index contributed by atoms with van der Waals surface area (Å²) in [6, 6.07) is 23.0. The monoisotopic (exact) mass is 482 g/mol. The number of amides is 1. The summed E-state index contributed by atoms with van der Waals surface area (Å²) in [4.78, 5) is 14.7. The summed E-state index contributed by atoms with van der Waals surface area (Å²) in [5.74, 6) is -0.129. The van der Waals surface area contributed by atoms with Crippen LogP contribution in [-0.4, -0.2) is 38.9 Å². The Kier molecular flexibility index (Phi) is 7.13. The van der Waals surface area contributed by atoms with Gasteiger partial charge in [0.15, 0.2) is 0 Å². The summed E-state index contributed by atoms with van der Waals surface area (Å²) in [6.45, 7) is 1.35. The van der Waals surface area contributed by atoms with Gasteiger partial charge < -0.3 is 9.64 Å². The van der Waals surface area contributed by atoms with Gasteiger partial charge in [0.25, 0.3) is 15.9 Å². The van der Waals surface area contributed by atoms with Crippen molar-refractivity contribution in [1.29, 1.82) is 0 Å². The van der Waals surface area contributed by atoms with E-state index < -0.39 is 10.0 Å². The predicted octanol–water partition coefficient (Wildman–Crippen LogP) is 4.97. The van der Waals surface area contributed by atoms with Crippen LogP contribution in [-0.2, 0) is 14.8 Å². The first-order valence-corrected chi connectivity index (χ1v) is 12.3. The van der Waals surface area contributed by atoms with Gasteiger partial charge in [-0.2, -0.15) is 0 Å². The zero-order valence-corrected chi connectivity index (χ0v) is 19.3. The molecule has 1 fully saturated rings. The number of ether oxygens (including phenoxy) is 1. The molecule has 0 saturated carbocycles. The zero-order chi connectivity index (χ0) is 23.3. The highest BCUT2D eigenvalue weighted by Crippen LogP contribution is 2.25. The number of carbonyl (C=O) groups is 1. The van der Waals surface area contributed by atoms with Gasteiger partial charge in [0.1, 0.15) is 6.10 Å². The molecule has 0 spiro atoms. The predicted molar refractivity (Wildman–Crippen MR) is 131 cm³/mol. The molecule has 4 rings (SSSR count). The summed E-state index contributed by atoms with van der Waals surface area (Å²) < 4.78 is 33.0. The number of nitrogens with one attached hydrogen (secondary N) is 1. The Bertz CT molecular complexity index is 1230. The highest BCUT2D eigenvalue weighted by Gasteiger charge is 2.26. The molecule has 1 saturated heterocycles. The zero-order valence-electron chi connectivity index (χ0n) is 17.7. The smallest absolute Gasteiger partial charge is 0.255 e. The van der Waals surface area contributed by atoms with Crippen LogP contribution in [0.15, 0.2) is 84.3 Å². The third-order valence-electron chi connectivity index (χ3n) is 5.23. The van der Waals surface area contributed by atoms with Crippen LogP contribution in [0.3, 0.4) is 0 Å². The fourth-order valence-corrected chi connectivity index (χ4v) is 4.50. The van der Waals surface area contributed by atoms with E-state index in [9.17, 15) is 13.2 Å². The second kappa shape index (κ2) is 10.2. The van der Waals surface area contributed by atoms with Gasteiger partial charge in [-0.1, -0.05) is 54.1 Å². The molecule has 1 aliphatic rings. The molecule has 3 aromatic rings. The Balaban J connectivity index is 1.39. The van der Waals surface area contributed by atoms with Crippen LogP contribution in [0.25, 0.3) is 6.08 Å². The summed E-state index contributed by atoms with van der Waals surface area (Å²) in [6.07, 6.45) is 1.30. The Morgan fingerprint density at radius 2 is 1.70 bits per heavy atom. The lowest BCUT2D eigenvalue weighted by Gasteiger charge is -2.33. The molecule has 0 radical (unpaired) electrons. The highest BCUT2D eigenvalue weighted by atomic mass is 35.5. The Morgan fingerprint density at radius 3 is 2.39 bits per heavy atom. The van der Waals surface area contributed by atoms with E-state index in [0.717, 1.165) is 16.5 Å². The molecule has 0 bridgehead atoms. The molecule has 3 aromatic carbocycles. The van der Waals surface area contributed by atoms with Gasteiger partial charge in [0, 0.05) is 22.8 Å². The van der Waals surface area contributed by atoms with Crippen molar-refractivity contribution in [2.24, 2.45) is 0 Å². The van der Waals surface area contributed by atoms with E-state index in [0.29, 0.717) is 36.0 Å². The van der Waals surface area contributed by atoms with E-state index in [1.165, 1.54) is 6.08 Å². The first-order valence-electron chi connectivity index (χ1n) is 10.4. The van der Waals surface area contributed by atoms with Crippen molar-refractivity contribution < 1.29 is 17.9 Å². The lowest BCUT2D eigenvalue weighted by Crippen LogP contribution is -2.42. The number of carbonyl (C=O) groups excluding carboxylic acids is 1. The number of anilines is 1. The van der Waals surface area contributed by atoms with Crippen molar-refractivity contribution in [3.8, 4) is 0 Å². The minimum Gasteiger partial charge on any atom is -0.370 e. The molecule has 6 nitrogen and oxygen atoms in total. The first-order chi connectivity index (χ1) is 15.9. The molecule has 0 aliphatic carbocycles. The van der Waals surface area contributed by atoms with Crippen LogP contribution in [0.4, 0.5) is 5.69 Å². The molecule has 1 unspecified atom stereocenters. The van der Waals surface area contributed by atoms with Gasteiger partial charge in [0.05, 0.1) is 18.6 Å². The van der Waals surface area contributed by atoms with Crippen LogP contribution in [0.5, 0.6) is 0 Å². The average molecular weight is 483 g/mol. The van der Waals surface area contributed by atoms with Crippen molar-refractivity contribution in [1.82, 2.24) is 4.90 Å². The SMILES string of the molecule is O=C(c1ccc(NS(=O)(=O)C=Cc2ccccc2)cc1)N1CCOC(c2ccc(Cl)cc2)C1. The minimum atomic E-state index is -3.68. The van der Waals surface area contributed by atoms with Crippen LogP contribution < -0.4 is 4.72 Å². The van der Waals surface area contributed by atoms with E-state index in [2.05, 4.69) is 4.72 Å². The van der Waals surface area contributed by atoms with Crippen molar-refractivity contribution in [2.45, 2.75) is 6.10 Å². The van der Waals surface area contributed by atoms with Crippen LogP contribution in [0.1, 0.15) is 27.6 Å². The van der Waals surface area contributed by atoms with Gasteiger partial charge in [-0.25, -0.2) is 8.42 Å². The summed E-state index contributed by atoms with van der Waals surface area (Å²) in [7, 11) is -3.68. The molecule has 1 aliphatic heterocycles. The molecular formula is C25H23ClN2O4S. The normalized spacial score (nSPS) is 16.6. The number of sulfonamides is 1. The molecule has 1 amide bonds. The number of hydrogen-bond donors (Lipinski definition) is 1. The van der Waals surface area contributed by atoms with E-state index in [-0.39, 0.29) is 12.0 Å². The molecule has 33 heavy (non-hydrogen) atoms. The number of nitrogens with zero attached hydrogens (tertiary/aromatic N) is 1. The Morgan fingerprint density at radius 1 is 1.00 bits per heavy atom. The molecule has 1 heterocycles. The standard InChI is InChI=1S/C25H23ClN2O4S/c26-22-10-6-20(7-11-22)24-18-28(15-16-32-24)25(29)21-8-12-23(13-9-21)27-33(30,31)17-14-19-4-2-1-3-5-19/h1-14,17,24,27H,15-16,18H2. The number of hydrogen-bond acceptors (Lipinski definition) is 4. The minimum absolute atomic E-state index is 0.129. The van der Waals surface area contributed by atoms with Crippen molar-refractivity contribution in [3.63, 3.8) is 0 Å². The number of rotatable bonds is 6. The van der Waals surface area contributed by atoms with Crippen LogP contribution in [0, 0.1) is 0 Å². The lowest BCUT2D eigenvalue weighted by molar-refractivity contribution is -0.0228. The van der Waals surface area contributed by atoms with Crippen molar-refractivity contribution >= 4 is 39.3 Å². The maximum atomic E-state index is 13.0. The number of benzene rings is 3. The Hall–Kier alpha value is -3.13. The molecule has 170 valence electrons. The van der Waals surface area contributed by atoms with E-state index in [1.54, 1.807) is 41.3 Å². The quantitative estimate of drug-likeness (QED) is 0.538. The molecule has 8 heteroatoms. The summed E-state index contributed by atoms with van der Waals surface area (Å²) in [5, 5.41) is 1.76. The second-order valence-corrected chi connectivity index (χ2v) is 9.60. The maximum Gasteiger partial charge on any atom is 0.255 e. The number of morpholine rings is 1. The maximum absolute atomic E-state index is 13.0. The molecule has 1 N–H and O–H groups in total. The third kappa shape index (κ3) is 6.22. The largest absolute Gasteiger partial charge is 0.370 e. The Labute approximate surface area is 198 Å². The topological polar surface area (TPSA) is 75.7 Å². The van der Waals surface area contributed by atoms with E-state index in [4.69, 9.17) is 16.3 Å². The van der Waals surface area contributed by atoms with Crippen molar-refractivity contribution in [2.75, 3.05) is 24.4 Å². The van der Waals surface area contributed by atoms with Gasteiger partial charge in [0.2, 0.25) is 0 Å². The summed E-state index contributed by atoms with van der Waals surface area (Å²) in [5.41, 5.74) is 2.61. The van der Waals surface area contributed by atoms with Gasteiger partial charge >= 0.3 is 0 Å². The average Bonchev–Trinajstić information content (AvgIpc) is 2.84. The summed E-state index contributed by atoms with van der Waals surface area (Å²) >= 11 is 5.96. The van der Waals surface area contributed by atoms with Crippen molar-refractivity contribution in [3.05, 3.63) is 106 Å². The van der Waals surface area contributed by atoms with Crippen LogP contribution >= 0.6 is 11.6 Å². The molecule has 0 aromatic heterocycles. The number of halogens is 1. The first kappa shape index (κ1) is 23.0. The fraction of sp³-hybridized carbons (Fsp3) is 0.160. The van der Waals surface area contributed by atoms with Gasteiger partial charge in [-0.05, 0) is 53.6 Å². The lowest BCUT2D eigenvalue weighted by atomic mass is 10.1. The van der Waals surface area contributed by atoms with Gasteiger partial charge in [-0.3, -0.25) is 9.52 Å². The highest BCUT2D eigenvalue weighted by molar-refractivity contribution is 7.95.